The molecule has 1 aromatic rings. The highest BCUT2D eigenvalue weighted by molar-refractivity contribution is 5.97. The molecule has 0 heterocycles. The van der Waals surface area contributed by atoms with Crippen molar-refractivity contribution in [2.45, 2.75) is 33.1 Å². The van der Waals surface area contributed by atoms with E-state index in [1.54, 1.807) is 12.1 Å². The summed E-state index contributed by atoms with van der Waals surface area (Å²) < 4.78 is 0. The molecule has 2 amide bonds. The standard InChI is InChI=1S/C14H20N2O2/c1-3-4-9(2)7-11-8-10(13(15)17)5-6-12(11)14(16)18/h5-6,8-9H,3-4,7H2,1-2H3,(H2,15,17)(H2,16,18). The summed E-state index contributed by atoms with van der Waals surface area (Å²) in [6.07, 6.45) is 2.88. The molecular weight excluding hydrogens is 228 g/mol. The van der Waals surface area contributed by atoms with Crippen molar-refractivity contribution in [2.75, 3.05) is 0 Å². The van der Waals surface area contributed by atoms with Gasteiger partial charge in [-0.1, -0.05) is 26.7 Å². The molecule has 4 nitrogen and oxygen atoms in total. The number of benzene rings is 1. The van der Waals surface area contributed by atoms with Crippen LogP contribution in [0.2, 0.25) is 0 Å². The number of rotatable bonds is 6. The lowest BCUT2D eigenvalue weighted by Crippen LogP contribution is -2.17. The molecule has 0 bridgehead atoms. The normalized spacial score (nSPS) is 12.1. The lowest BCUT2D eigenvalue weighted by atomic mass is 9.92. The number of hydrogen-bond donors (Lipinski definition) is 2. The molecule has 1 rings (SSSR count). The van der Waals surface area contributed by atoms with Crippen LogP contribution in [0.25, 0.3) is 0 Å². The molecule has 0 spiro atoms. The van der Waals surface area contributed by atoms with E-state index in [0.29, 0.717) is 17.0 Å². The van der Waals surface area contributed by atoms with Crippen molar-refractivity contribution < 1.29 is 9.59 Å². The molecule has 4 heteroatoms. The number of amides is 2. The monoisotopic (exact) mass is 248 g/mol. The Bertz CT molecular complexity index is 455. The molecule has 0 aliphatic heterocycles. The van der Waals surface area contributed by atoms with Gasteiger partial charge in [0.05, 0.1) is 0 Å². The van der Waals surface area contributed by atoms with E-state index in [-0.39, 0.29) is 0 Å². The van der Waals surface area contributed by atoms with Crippen LogP contribution in [0, 0.1) is 5.92 Å². The molecule has 0 radical (unpaired) electrons. The van der Waals surface area contributed by atoms with Crippen molar-refractivity contribution in [2.24, 2.45) is 17.4 Å². The molecule has 0 aromatic heterocycles. The average molecular weight is 248 g/mol. The number of primary amides is 2. The molecule has 0 saturated carbocycles. The number of carbonyl (C=O) groups is 2. The molecule has 1 atom stereocenters. The summed E-state index contributed by atoms with van der Waals surface area (Å²) in [5.41, 5.74) is 12.3. The van der Waals surface area contributed by atoms with Gasteiger partial charge in [0.2, 0.25) is 11.8 Å². The average Bonchev–Trinajstić information content (AvgIpc) is 2.28. The van der Waals surface area contributed by atoms with Gasteiger partial charge in [0, 0.05) is 11.1 Å². The number of nitrogens with two attached hydrogens (primary N) is 2. The first-order valence-corrected chi connectivity index (χ1v) is 6.18. The summed E-state index contributed by atoms with van der Waals surface area (Å²) in [6.45, 7) is 4.23. The molecule has 1 aromatic carbocycles. The Balaban J connectivity index is 3.07. The van der Waals surface area contributed by atoms with Gasteiger partial charge < -0.3 is 11.5 Å². The third kappa shape index (κ3) is 3.58. The minimum absolute atomic E-state index is 0.415. The van der Waals surface area contributed by atoms with Crippen molar-refractivity contribution in [3.05, 3.63) is 34.9 Å². The van der Waals surface area contributed by atoms with Gasteiger partial charge in [-0.3, -0.25) is 9.59 Å². The highest BCUT2D eigenvalue weighted by Crippen LogP contribution is 2.18. The van der Waals surface area contributed by atoms with E-state index < -0.39 is 11.8 Å². The summed E-state index contributed by atoms with van der Waals surface area (Å²) in [5, 5.41) is 0. The minimum atomic E-state index is -0.490. The second-order valence-corrected chi connectivity index (χ2v) is 4.70. The van der Waals surface area contributed by atoms with E-state index in [2.05, 4.69) is 13.8 Å². The quantitative estimate of drug-likeness (QED) is 0.805. The van der Waals surface area contributed by atoms with Gasteiger partial charge in [0.15, 0.2) is 0 Å². The Hall–Kier alpha value is -1.84. The van der Waals surface area contributed by atoms with E-state index in [1.807, 2.05) is 0 Å². The zero-order valence-electron chi connectivity index (χ0n) is 10.9. The first-order valence-electron chi connectivity index (χ1n) is 6.18. The summed E-state index contributed by atoms with van der Waals surface area (Å²) in [5.74, 6) is -0.517. The van der Waals surface area contributed by atoms with Crippen LogP contribution in [0.1, 0.15) is 53.0 Å². The van der Waals surface area contributed by atoms with Crippen LogP contribution in [0.5, 0.6) is 0 Å². The third-order valence-electron chi connectivity index (χ3n) is 3.01. The zero-order valence-corrected chi connectivity index (χ0v) is 10.9. The van der Waals surface area contributed by atoms with Crippen LogP contribution in [0.15, 0.2) is 18.2 Å². The van der Waals surface area contributed by atoms with Gasteiger partial charge in [0.25, 0.3) is 0 Å². The van der Waals surface area contributed by atoms with Gasteiger partial charge in [-0.15, -0.1) is 0 Å². The second-order valence-electron chi connectivity index (χ2n) is 4.70. The van der Waals surface area contributed by atoms with Crippen molar-refractivity contribution in [1.82, 2.24) is 0 Å². The first-order chi connectivity index (χ1) is 8.45. The van der Waals surface area contributed by atoms with Crippen LogP contribution in [-0.4, -0.2) is 11.8 Å². The predicted octanol–water partition coefficient (Wildman–Crippen LogP) is 1.86. The molecule has 98 valence electrons. The minimum Gasteiger partial charge on any atom is -0.366 e. The summed E-state index contributed by atoms with van der Waals surface area (Å²) in [4.78, 5) is 22.5. The van der Waals surface area contributed by atoms with E-state index in [0.717, 1.165) is 24.8 Å². The Kier molecular flexibility index (Phi) is 4.89. The van der Waals surface area contributed by atoms with Gasteiger partial charge in [-0.05, 0) is 36.1 Å². The summed E-state index contributed by atoms with van der Waals surface area (Å²) >= 11 is 0. The van der Waals surface area contributed by atoms with Crippen molar-refractivity contribution in [3.63, 3.8) is 0 Å². The van der Waals surface area contributed by atoms with E-state index in [4.69, 9.17) is 11.5 Å². The smallest absolute Gasteiger partial charge is 0.248 e. The van der Waals surface area contributed by atoms with E-state index in [9.17, 15) is 9.59 Å². The maximum atomic E-state index is 11.3. The topological polar surface area (TPSA) is 86.2 Å². The maximum absolute atomic E-state index is 11.3. The maximum Gasteiger partial charge on any atom is 0.248 e. The second kappa shape index (κ2) is 6.19. The lowest BCUT2D eigenvalue weighted by Gasteiger charge is -2.13. The fraction of sp³-hybridized carbons (Fsp3) is 0.429. The highest BCUT2D eigenvalue weighted by Gasteiger charge is 2.13. The van der Waals surface area contributed by atoms with Gasteiger partial charge in [-0.25, -0.2) is 0 Å². The largest absolute Gasteiger partial charge is 0.366 e. The Labute approximate surface area is 107 Å². The molecule has 4 N–H and O–H groups in total. The van der Waals surface area contributed by atoms with E-state index >= 15 is 0 Å². The van der Waals surface area contributed by atoms with Crippen LogP contribution in [0.4, 0.5) is 0 Å². The van der Waals surface area contributed by atoms with Crippen molar-refractivity contribution in [1.29, 1.82) is 0 Å². The number of hydrogen-bond acceptors (Lipinski definition) is 2. The van der Waals surface area contributed by atoms with Gasteiger partial charge in [0.1, 0.15) is 0 Å². The van der Waals surface area contributed by atoms with Crippen LogP contribution >= 0.6 is 0 Å². The van der Waals surface area contributed by atoms with Crippen LogP contribution in [0.3, 0.4) is 0 Å². The SMILES string of the molecule is CCCC(C)Cc1cc(C(N)=O)ccc1C(N)=O. The lowest BCUT2D eigenvalue weighted by molar-refractivity contribution is 0.0987. The fourth-order valence-electron chi connectivity index (χ4n) is 2.13. The van der Waals surface area contributed by atoms with Gasteiger partial charge in [-0.2, -0.15) is 0 Å². The molecule has 1 unspecified atom stereocenters. The Morgan fingerprint density at radius 2 is 1.89 bits per heavy atom. The van der Waals surface area contributed by atoms with Crippen LogP contribution < -0.4 is 11.5 Å². The fourth-order valence-corrected chi connectivity index (χ4v) is 2.13. The molecular formula is C14H20N2O2. The van der Waals surface area contributed by atoms with E-state index in [1.165, 1.54) is 6.07 Å². The van der Waals surface area contributed by atoms with Crippen LogP contribution in [-0.2, 0) is 6.42 Å². The Morgan fingerprint density at radius 3 is 2.39 bits per heavy atom. The molecule has 0 fully saturated rings. The molecule has 18 heavy (non-hydrogen) atoms. The first kappa shape index (κ1) is 14.2. The molecule has 0 aliphatic rings. The summed E-state index contributed by atoms with van der Waals surface area (Å²) in [7, 11) is 0. The molecule has 0 aliphatic carbocycles. The van der Waals surface area contributed by atoms with Gasteiger partial charge >= 0.3 is 0 Å². The highest BCUT2D eigenvalue weighted by atomic mass is 16.1. The third-order valence-corrected chi connectivity index (χ3v) is 3.01. The predicted molar refractivity (Wildman–Crippen MR) is 71.3 cm³/mol. The number of carbonyl (C=O) groups excluding carboxylic acids is 2. The van der Waals surface area contributed by atoms with Crippen molar-refractivity contribution >= 4 is 11.8 Å². The summed E-state index contributed by atoms with van der Waals surface area (Å²) in [6, 6.07) is 4.79. The molecule has 0 saturated heterocycles. The zero-order chi connectivity index (χ0) is 13.7. The van der Waals surface area contributed by atoms with Crippen molar-refractivity contribution in [3.8, 4) is 0 Å². The Morgan fingerprint density at radius 1 is 1.22 bits per heavy atom.